The molecule has 7 heteroatoms. The van der Waals surface area contributed by atoms with Crippen LogP contribution in [0, 0.1) is 0 Å². The molecule has 1 aliphatic heterocycles. The number of carbonyl (C=O) groups excluding carboxylic acids is 2. The highest BCUT2D eigenvalue weighted by Gasteiger charge is 2.22. The van der Waals surface area contributed by atoms with Crippen LogP contribution >= 0.6 is 11.3 Å². The highest BCUT2D eigenvalue weighted by molar-refractivity contribution is 7.09. The Morgan fingerprint density at radius 1 is 1.50 bits per heavy atom. The predicted molar refractivity (Wildman–Crippen MR) is 77.6 cm³/mol. The van der Waals surface area contributed by atoms with Crippen molar-refractivity contribution in [2.45, 2.75) is 19.3 Å². The first kappa shape index (κ1) is 14.9. The molecule has 0 aliphatic carbocycles. The molecule has 1 unspecified atom stereocenters. The third kappa shape index (κ3) is 4.01. The average Bonchev–Trinajstić information content (AvgIpc) is 2.86. The minimum atomic E-state index is -0.518. The van der Waals surface area contributed by atoms with Gasteiger partial charge in [-0.05, 0) is 13.0 Å². The van der Waals surface area contributed by atoms with Crippen LogP contribution in [0.1, 0.15) is 24.3 Å². The average molecular weight is 296 g/mol. The Kier molecular flexibility index (Phi) is 5.49. The van der Waals surface area contributed by atoms with E-state index in [1.807, 2.05) is 12.3 Å². The van der Waals surface area contributed by atoms with Crippen molar-refractivity contribution in [2.75, 3.05) is 32.7 Å². The van der Waals surface area contributed by atoms with Gasteiger partial charge in [-0.3, -0.25) is 9.59 Å². The minimum absolute atomic E-state index is 0.123. The Morgan fingerprint density at radius 3 is 3.10 bits per heavy atom. The predicted octanol–water partition coefficient (Wildman–Crippen LogP) is 0.185. The lowest BCUT2D eigenvalue weighted by atomic mass is 10.2. The van der Waals surface area contributed by atoms with Gasteiger partial charge in [0.15, 0.2) is 0 Å². The highest BCUT2D eigenvalue weighted by atomic mass is 32.1. The van der Waals surface area contributed by atoms with Gasteiger partial charge in [-0.1, -0.05) is 6.92 Å². The van der Waals surface area contributed by atoms with Gasteiger partial charge in [0.25, 0.3) is 0 Å². The van der Waals surface area contributed by atoms with E-state index in [4.69, 9.17) is 0 Å². The second-order valence-corrected chi connectivity index (χ2v) is 5.80. The number of nitrogens with zero attached hydrogens (tertiary/aromatic N) is 2. The molecule has 20 heavy (non-hydrogen) atoms. The molecule has 2 amide bonds. The van der Waals surface area contributed by atoms with Crippen molar-refractivity contribution in [1.82, 2.24) is 20.5 Å². The molecule has 6 nitrogen and oxygen atoms in total. The van der Waals surface area contributed by atoms with E-state index in [1.54, 1.807) is 22.4 Å². The summed E-state index contributed by atoms with van der Waals surface area (Å²) in [5.41, 5.74) is 0. The molecule has 1 fully saturated rings. The molecule has 1 saturated heterocycles. The normalized spacial score (nSPS) is 17.4. The van der Waals surface area contributed by atoms with Crippen LogP contribution < -0.4 is 10.6 Å². The molecule has 1 atom stereocenters. The first-order valence-electron chi connectivity index (χ1n) is 6.85. The number of carbonyl (C=O) groups is 2. The van der Waals surface area contributed by atoms with E-state index in [-0.39, 0.29) is 5.92 Å². The number of amides is 2. The Bertz CT molecular complexity index is 441. The first-order valence-corrected chi connectivity index (χ1v) is 7.73. The number of nitrogens with one attached hydrogen (secondary N) is 2. The van der Waals surface area contributed by atoms with Crippen molar-refractivity contribution in [2.24, 2.45) is 0 Å². The summed E-state index contributed by atoms with van der Waals surface area (Å²) < 4.78 is 0. The van der Waals surface area contributed by atoms with Crippen molar-refractivity contribution < 1.29 is 9.59 Å². The fourth-order valence-electron chi connectivity index (χ4n) is 2.08. The van der Waals surface area contributed by atoms with Gasteiger partial charge < -0.3 is 15.5 Å². The summed E-state index contributed by atoms with van der Waals surface area (Å²) in [7, 11) is 0. The fraction of sp³-hybridized carbons (Fsp3) is 0.615. The number of hydrogen-bond acceptors (Lipinski definition) is 5. The standard InChI is InChI=1S/C13H20N4O2S/c1-10(12-15-5-8-20-12)9-16-11(18)13(19)17-6-2-3-14-4-7-17/h5,8,10,14H,2-4,6-7,9H2,1H3,(H,16,18). The van der Waals surface area contributed by atoms with Crippen LogP contribution in [0.5, 0.6) is 0 Å². The van der Waals surface area contributed by atoms with Crippen molar-refractivity contribution in [3.8, 4) is 0 Å². The molecule has 0 spiro atoms. The second kappa shape index (κ2) is 7.35. The lowest BCUT2D eigenvalue weighted by Crippen LogP contribution is -2.45. The molecular weight excluding hydrogens is 276 g/mol. The minimum Gasteiger partial charge on any atom is -0.347 e. The van der Waals surface area contributed by atoms with Gasteiger partial charge in [0.1, 0.15) is 0 Å². The topological polar surface area (TPSA) is 74.3 Å². The second-order valence-electron chi connectivity index (χ2n) is 4.88. The third-order valence-corrected chi connectivity index (χ3v) is 4.27. The maximum atomic E-state index is 12.0. The maximum Gasteiger partial charge on any atom is 0.311 e. The fourth-order valence-corrected chi connectivity index (χ4v) is 2.78. The molecule has 1 aromatic heterocycles. The Hall–Kier alpha value is -1.47. The molecule has 1 aliphatic rings. The number of thiazole rings is 1. The van der Waals surface area contributed by atoms with Crippen LogP contribution in [0.15, 0.2) is 11.6 Å². The van der Waals surface area contributed by atoms with Crippen LogP contribution in [0.3, 0.4) is 0 Å². The molecule has 110 valence electrons. The lowest BCUT2D eigenvalue weighted by Gasteiger charge is -2.19. The van der Waals surface area contributed by atoms with E-state index in [0.717, 1.165) is 24.5 Å². The molecule has 0 aromatic carbocycles. The molecule has 1 aromatic rings. The van der Waals surface area contributed by atoms with Gasteiger partial charge in [-0.25, -0.2) is 4.98 Å². The highest BCUT2D eigenvalue weighted by Crippen LogP contribution is 2.16. The van der Waals surface area contributed by atoms with Crippen LogP contribution in [-0.4, -0.2) is 54.4 Å². The van der Waals surface area contributed by atoms with Crippen LogP contribution in [0.4, 0.5) is 0 Å². The van der Waals surface area contributed by atoms with Gasteiger partial charge in [-0.2, -0.15) is 0 Å². The maximum absolute atomic E-state index is 12.0. The Labute approximate surface area is 122 Å². The largest absolute Gasteiger partial charge is 0.347 e. The molecule has 0 saturated carbocycles. The van der Waals surface area contributed by atoms with Crippen molar-refractivity contribution in [1.29, 1.82) is 0 Å². The zero-order valence-electron chi connectivity index (χ0n) is 11.6. The molecule has 0 radical (unpaired) electrons. The summed E-state index contributed by atoms with van der Waals surface area (Å²) in [5.74, 6) is -0.826. The van der Waals surface area contributed by atoms with E-state index < -0.39 is 11.8 Å². The van der Waals surface area contributed by atoms with E-state index >= 15 is 0 Å². The number of hydrogen-bond donors (Lipinski definition) is 2. The van der Waals surface area contributed by atoms with Crippen molar-refractivity contribution >= 4 is 23.2 Å². The number of aromatic nitrogens is 1. The van der Waals surface area contributed by atoms with E-state index in [2.05, 4.69) is 15.6 Å². The van der Waals surface area contributed by atoms with Gasteiger partial charge in [0.2, 0.25) is 0 Å². The zero-order chi connectivity index (χ0) is 14.4. The van der Waals surface area contributed by atoms with E-state index in [1.165, 1.54) is 0 Å². The van der Waals surface area contributed by atoms with Crippen molar-refractivity contribution in [3.63, 3.8) is 0 Å². The summed E-state index contributed by atoms with van der Waals surface area (Å²) in [6.45, 7) is 5.29. The SMILES string of the molecule is CC(CNC(=O)C(=O)N1CCCNCC1)c1nccs1. The quantitative estimate of drug-likeness (QED) is 0.781. The molecule has 0 bridgehead atoms. The van der Waals surface area contributed by atoms with Crippen LogP contribution in [0.2, 0.25) is 0 Å². The van der Waals surface area contributed by atoms with Crippen LogP contribution in [0.25, 0.3) is 0 Å². The van der Waals surface area contributed by atoms with E-state index in [9.17, 15) is 9.59 Å². The number of rotatable bonds is 3. The summed E-state index contributed by atoms with van der Waals surface area (Å²) in [5, 5.41) is 8.79. The molecule has 2 N–H and O–H groups in total. The Morgan fingerprint density at radius 2 is 2.35 bits per heavy atom. The molecule has 2 rings (SSSR count). The molecular formula is C13H20N4O2S. The van der Waals surface area contributed by atoms with Gasteiger partial charge in [-0.15, -0.1) is 11.3 Å². The van der Waals surface area contributed by atoms with Gasteiger partial charge in [0, 0.05) is 43.7 Å². The van der Waals surface area contributed by atoms with Crippen molar-refractivity contribution in [3.05, 3.63) is 16.6 Å². The first-order chi connectivity index (χ1) is 9.68. The molecule has 2 heterocycles. The Balaban J connectivity index is 1.80. The van der Waals surface area contributed by atoms with Gasteiger partial charge in [0.05, 0.1) is 5.01 Å². The van der Waals surface area contributed by atoms with E-state index in [0.29, 0.717) is 19.6 Å². The smallest absolute Gasteiger partial charge is 0.311 e. The summed E-state index contributed by atoms with van der Waals surface area (Å²) in [4.78, 5) is 29.7. The monoisotopic (exact) mass is 296 g/mol. The lowest BCUT2D eigenvalue weighted by molar-refractivity contribution is -0.145. The summed E-state index contributed by atoms with van der Waals surface area (Å²) in [6.07, 6.45) is 2.63. The van der Waals surface area contributed by atoms with Gasteiger partial charge >= 0.3 is 11.8 Å². The van der Waals surface area contributed by atoms with Crippen LogP contribution in [-0.2, 0) is 9.59 Å². The summed E-state index contributed by atoms with van der Waals surface area (Å²) in [6, 6.07) is 0. The summed E-state index contributed by atoms with van der Waals surface area (Å²) >= 11 is 1.56. The zero-order valence-corrected chi connectivity index (χ0v) is 12.4. The third-order valence-electron chi connectivity index (χ3n) is 3.26.